The highest BCUT2D eigenvalue weighted by molar-refractivity contribution is 7.11. The molecule has 2 atom stereocenters. The number of unbranched alkanes of at least 4 members (excludes halogenated alkanes) is 1. The van der Waals surface area contributed by atoms with Crippen molar-refractivity contribution >= 4 is 28.5 Å². The summed E-state index contributed by atoms with van der Waals surface area (Å²) in [5, 5.41) is 33.5. The number of aliphatic hydroxyl groups excluding tert-OH is 2. The molecule has 3 rings (SSSR count). The maximum absolute atomic E-state index is 14.0. The van der Waals surface area contributed by atoms with Crippen LogP contribution in [0.15, 0.2) is 12.1 Å². The lowest BCUT2D eigenvalue weighted by Gasteiger charge is -2.14. The molecule has 0 radical (unpaired) electrons. The number of carboxylic acids is 1. The molecule has 0 aliphatic carbocycles. The third-order valence-corrected chi connectivity index (χ3v) is 6.09. The standard InChI is InChI=1S/C21H26F2N4O6S/c1-11-4-5-12(17(23)16(11)22)10-33-18-15(20(30)31)19(34-26-18)25-21(32)24-6-2-3-7-27-8-13(28)14(29)9-27/h4-5,13-14,28-29H,2-3,6-10H2,1H3,(H,30,31)(H2,24,25,32). The molecule has 186 valence electrons. The van der Waals surface area contributed by atoms with Crippen molar-refractivity contribution in [1.29, 1.82) is 0 Å². The zero-order valence-corrected chi connectivity index (χ0v) is 19.2. The normalized spacial score (nSPS) is 18.1. The van der Waals surface area contributed by atoms with Gasteiger partial charge in [0.1, 0.15) is 11.6 Å². The molecule has 2 aromatic rings. The molecular weight excluding hydrogens is 474 g/mol. The van der Waals surface area contributed by atoms with Crippen molar-refractivity contribution < 1.29 is 38.4 Å². The molecule has 10 nitrogen and oxygen atoms in total. The summed E-state index contributed by atoms with van der Waals surface area (Å²) in [6.45, 7) is 2.79. The van der Waals surface area contributed by atoms with Gasteiger partial charge in [0, 0.05) is 25.2 Å². The van der Waals surface area contributed by atoms with Crippen LogP contribution in [0.5, 0.6) is 5.88 Å². The predicted molar refractivity (Wildman–Crippen MR) is 119 cm³/mol. The third kappa shape index (κ3) is 6.38. The highest BCUT2D eigenvalue weighted by Crippen LogP contribution is 2.31. The number of rotatable bonds is 10. The van der Waals surface area contributed by atoms with Gasteiger partial charge in [-0.3, -0.25) is 10.2 Å². The summed E-state index contributed by atoms with van der Waals surface area (Å²) in [7, 11) is 0. The number of amides is 2. The number of hydrogen-bond donors (Lipinski definition) is 5. The Morgan fingerprint density at radius 1 is 1.21 bits per heavy atom. The summed E-state index contributed by atoms with van der Waals surface area (Å²) in [6, 6.07) is 2.09. The maximum Gasteiger partial charge on any atom is 0.344 e. The number of carbonyl (C=O) groups excluding carboxylic acids is 1. The summed E-state index contributed by atoms with van der Waals surface area (Å²) < 4.78 is 36.9. The van der Waals surface area contributed by atoms with Crippen LogP contribution in [0.4, 0.5) is 18.6 Å². The number of nitrogens with zero attached hydrogens (tertiary/aromatic N) is 2. The van der Waals surface area contributed by atoms with Crippen molar-refractivity contribution in [3.05, 3.63) is 40.5 Å². The van der Waals surface area contributed by atoms with Crippen molar-refractivity contribution in [3.8, 4) is 5.88 Å². The van der Waals surface area contributed by atoms with E-state index in [1.54, 1.807) is 0 Å². The van der Waals surface area contributed by atoms with E-state index < -0.39 is 42.4 Å². The largest absolute Gasteiger partial charge is 0.477 e. The van der Waals surface area contributed by atoms with Gasteiger partial charge in [-0.1, -0.05) is 12.1 Å². The molecule has 2 amide bonds. The summed E-state index contributed by atoms with van der Waals surface area (Å²) >= 11 is 0.689. The molecule has 0 saturated carbocycles. The Bertz CT molecular complexity index is 1030. The first-order valence-corrected chi connectivity index (χ1v) is 11.4. The first-order valence-electron chi connectivity index (χ1n) is 10.6. The monoisotopic (exact) mass is 500 g/mol. The number of anilines is 1. The fourth-order valence-electron chi connectivity index (χ4n) is 3.43. The Balaban J connectivity index is 1.48. The quantitative estimate of drug-likeness (QED) is 0.312. The third-order valence-electron chi connectivity index (χ3n) is 5.34. The van der Waals surface area contributed by atoms with Crippen molar-refractivity contribution in [2.45, 2.75) is 38.6 Å². The van der Waals surface area contributed by atoms with E-state index in [1.807, 2.05) is 4.90 Å². The number of aliphatic hydroxyl groups is 2. The Labute approximate surface area is 198 Å². The van der Waals surface area contributed by atoms with E-state index in [1.165, 1.54) is 19.1 Å². The van der Waals surface area contributed by atoms with Crippen LogP contribution in [0.1, 0.15) is 34.3 Å². The van der Waals surface area contributed by atoms with Crippen molar-refractivity contribution in [3.63, 3.8) is 0 Å². The van der Waals surface area contributed by atoms with Crippen LogP contribution in [-0.2, 0) is 6.61 Å². The Morgan fingerprint density at radius 2 is 1.91 bits per heavy atom. The fourth-order valence-corrected chi connectivity index (χ4v) is 4.15. The first-order chi connectivity index (χ1) is 16.2. The van der Waals surface area contributed by atoms with Gasteiger partial charge in [0.05, 0.1) is 12.2 Å². The lowest BCUT2D eigenvalue weighted by atomic mass is 10.1. The van der Waals surface area contributed by atoms with Gasteiger partial charge in [-0.05, 0) is 43.4 Å². The van der Waals surface area contributed by atoms with E-state index in [0.29, 0.717) is 44.1 Å². The van der Waals surface area contributed by atoms with Gasteiger partial charge in [-0.15, -0.1) is 0 Å². The van der Waals surface area contributed by atoms with Gasteiger partial charge in [-0.25, -0.2) is 18.4 Å². The van der Waals surface area contributed by atoms with E-state index in [9.17, 15) is 33.7 Å². The van der Waals surface area contributed by atoms with E-state index in [0.717, 1.165) is 6.42 Å². The molecule has 0 bridgehead atoms. The lowest BCUT2D eigenvalue weighted by molar-refractivity contribution is 0.0572. The topological polar surface area (TPSA) is 144 Å². The molecule has 1 aliphatic rings. The Morgan fingerprint density at radius 3 is 2.59 bits per heavy atom. The van der Waals surface area contributed by atoms with Crippen LogP contribution in [0.2, 0.25) is 0 Å². The summed E-state index contributed by atoms with van der Waals surface area (Å²) in [4.78, 5) is 25.8. The summed E-state index contributed by atoms with van der Waals surface area (Å²) in [5.74, 6) is -3.80. The van der Waals surface area contributed by atoms with Gasteiger partial charge in [0.15, 0.2) is 17.2 Å². The van der Waals surface area contributed by atoms with Crippen molar-refractivity contribution in [1.82, 2.24) is 14.6 Å². The average Bonchev–Trinajstić information content (AvgIpc) is 3.33. The van der Waals surface area contributed by atoms with Crippen LogP contribution < -0.4 is 15.4 Å². The molecule has 13 heteroatoms. The number of ether oxygens (including phenoxy) is 1. The molecule has 1 saturated heterocycles. The van der Waals surface area contributed by atoms with Crippen LogP contribution in [0, 0.1) is 18.6 Å². The van der Waals surface area contributed by atoms with Gasteiger partial charge in [0.2, 0.25) is 5.88 Å². The molecule has 1 aliphatic heterocycles. The number of aromatic nitrogens is 1. The van der Waals surface area contributed by atoms with E-state index in [4.69, 9.17) is 4.74 Å². The molecule has 1 aromatic heterocycles. The summed E-state index contributed by atoms with van der Waals surface area (Å²) in [5.41, 5.74) is -0.357. The van der Waals surface area contributed by atoms with E-state index in [2.05, 4.69) is 15.0 Å². The van der Waals surface area contributed by atoms with Crippen LogP contribution in [-0.4, -0.2) is 75.0 Å². The number of hydrogen-bond acceptors (Lipinski definition) is 8. The molecule has 1 fully saturated rings. The second kappa shape index (κ2) is 11.5. The van der Waals surface area contributed by atoms with Crippen molar-refractivity contribution in [2.75, 3.05) is 31.5 Å². The minimum atomic E-state index is -1.40. The zero-order valence-electron chi connectivity index (χ0n) is 18.4. The van der Waals surface area contributed by atoms with E-state index in [-0.39, 0.29) is 27.6 Å². The Hall–Kier alpha value is -2.87. The summed E-state index contributed by atoms with van der Waals surface area (Å²) in [6.07, 6.45) is -0.109. The van der Waals surface area contributed by atoms with Gasteiger partial charge in [-0.2, -0.15) is 4.37 Å². The lowest BCUT2D eigenvalue weighted by Crippen LogP contribution is -2.30. The highest BCUT2D eigenvalue weighted by atomic mass is 32.1. The molecule has 2 unspecified atom stereocenters. The molecule has 1 aromatic carbocycles. The minimum absolute atomic E-state index is 0.0596. The van der Waals surface area contributed by atoms with Gasteiger partial charge >= 0.3 is 12.0 Å². The number of aromatic carboxylic acids is 1. The number of urea groups is 1. The number of likely N-dealkylation sites (tertiary alicyclic amines) is 1. The van der Waals surface area contributed by atoms with Crippen LogP contribution >= 0.6 is 11.5 Å². The van der Waals surface area contributed by atoms with Crippen LogP contribution in [0.3, 0.4) is 0 Å². The number of halogens is 2. The number of benzene rings is 1. The second-order valence-electron chi connectivity index (χ2n) is 7.94. The zero-order chi connectivity index (χ0) is 24.8. The van der Waals surface area contributed by atoms with E-state index >= 15 is 0 Å². The Kier molecular flexibility index (Phi) is 8.72. The molecule has 5 N–H and O–H groups in total. The minimum Gasteiger partial charge on any atom is -0.477 e. The number of carbonyl (C=O) groups is 2. The van der Waals surface area contributed by atoms with Crippen molar-refractivity contribution in [2.24, 2.45) is 0 Å². The highest BCUT2D eigenvalue weighted by Gasteiger charge is 2.28. The van der Waals surface area contributed by atoms with Gasteiger partial charge < -0.3 is 25.4 Å². The molecular formula is C21H26F2N4O6S. The number of nitrogens with one attached hydrogen (secondary N) is 2. The number of aryl methyl sites for hydroxylation is 1. The maximum atomic E-state index is 14.0. The molecule has 2 heterocycles. The first kappa shape index (κ1) is 25.7. The predicted octanol–water partition coefficient (Wildman–Crippen LogP) is 1.95. The fraction of sp³-hybridized carbons (Fsp3) is 0.476. The SMILES string of the molecule is Cc1ccc(COc2nsc(NC(=O)NCCCCN3CC(O)C(O)C3)c2C(=O)O)c(F)c1F. The number of carboxylic acid groups (broad SMARTS) is 1. The second-order valence-corrected chi connectivity index (χ2v) is 8.71. The molecule has 34 heavy (non-hydrogen) atoms. The van der Waals surface area contributed by atoms with Crippen LogP contribution in [0.25, 0.3) is 0 Å². The molecule has 0 spiro atoms. The average molecular weight is 501 g/mol. The number of β-amino-alcohol motifs (C(OH)–C–C–N with tert-alkyl or cyclic N) is 2. The van der Waals surface area contributed by atoms with Gasteiger partial charge in [0.25, 0.3) is 0 Å². The smallest absolute Gasteiger partial charge is 0.344 e.